The van der Waals surface area contributed by atoms with Gasteiger partial charge < -0.3 is 10.4 Å². The fourth-order valence-corrected chi connectivity index (χ4v) is 2.71. The van der Waals surface area contributed by atoms with Crippen LogP contribution >= 0.6 is 11.6 Å². The highest BCUT2D eigenvalue weighted by Crippen LogP contribution is 2.27. The molecular weight excluding hydrogens is 268 g/mol. The Bertz CT molecular complexity index is 467. The van der Waals surface area contributed by atoms with Crippen molar-refractivity contribution in [3.05, 3.63) is 38.9 Å². The molecule has 0 aliphatic heterocycles. The molecule has 2 rings (SSSR count). The first-order valence-electron chi connectivity index (χ1n) is 6.43. The largest absolute Gasteiger partial charge is 0.392 e. The quantitative estimate of drug-likeness (QED) is 0.658. The van der Waals surface area contributed by atoms with Crippen LogP contribution in [-0.2, 0) is 6.54 Å². The molecule has 19 heavy (non-hydrogen) atoms. The summed E-state index contributed by atoms with van der Waals surface area (Å²) in [5, 5.41) is 24.4. The van der Waals surface area contributed by atoms with Gasteiger partial charge in [0.25, 0.3) is 5.69 Å². The molecule has 1 aliphatic rings. The van der Waals surface area contributed by atoms with Gasteiger partial charge in [-0.15, -0.1) is 0 Å². The van der Waals surface area contributed by atoms with Crippen LogP contribution in [0.1, 0.15) is 31.2 Å². The van der Waals surface area contributed by atoms with Crippen LogP contribution in [0.15, 0.2) is 18.2 Å². The molecule has 0 heterocycles. The maximum absolute atomic E-state index is 11.0. The third-order valence-corrected chi connectivity index (χ3v) is 3.92. The minimum absolute atomic E-state index is 0.00960. The van der Waals surface area contributed by atoms with Crippen molar-refractivity contribution in [2.45, 2.75) is 44.4 Å². The Labute approximate surface area is 116 Å². The lowest BCUT2D eigenvalue weighted by molar-refractivity contribution is -0.385. The molecule has 6 heteroatoms. The van der Waals surface area contributed by atoms with Crippen LogP contribution in [0.25, 0.3) is 0 Å². The second-order valence-corrected chi connectivity index (χ2v) is 5.24. The molecule has 104 valence electrons. The van der Waals surface area contributed by atoms with E-state index in [4.69, 9.17) is 11.6 Å². The van der Waals surface area contributed by atoms with Gasteiger partial charge in [-0.2, -0.15) is 0 Å². The van der Waals surface area contributed by atoms with Crippen LogP contribution in [0, 0.1) is 10.1 Å². The number of nitrogens with zero attached hydrogens (tertiary/aromatic N) is 1. The normalized spacial score (nSPS) is 23.3. The number of hydrogen-bond acceptors (Lipinski definition) is 4. The van der Waals surface area contributed by atoms with Crippen molar-refractivity contribution in [2.75, 3.05) is 0 Å². The van der Waals surface area contributed by atoms with Crippen molar-refractivity contribution in [3.63, 3.8) is 0 Å². The molecule has 1 aromatic rings. The van der Waals surface area contributed by atoms with E-state index < -0.39 is 4.92 Å². The first-order chi connectivity index (χ1) is 9.09. The predicted octanol–water partition coefficient (Wildman–Crippen LogP) is 2.64. The number of nitro groups is 1. The molecule has 5 nitrogen and oxygen atoms in total. The second-order valence-electron chi connectivity index (χ2n) is 4.83. The Balaban J connectivity index is 2.08. The number of rotatable bonds is 4. The number of halogens is 1. The van der Waals surface area contributed by atoms with Gasteiger partial charge in [-0.05, 0) is 18.9 Å². The Kier molecular flexibility index (Phi) is 4.74. The van der Waals surface area contributed by atoms with E-state index in [0.717, 1.165) is 25.7 Å². The average molecular weight is 285 g/mol. The van der Waals surface area contributed by atoms with E-state index in [1.54, 1.807) is 12.1 Å². The highest BCUT2D eigenvalue weighted by Gasteiger charge is 2.24. The lowest BCUT2D eigenvalue weighted by Crippen LogP contribution is -2.41. The number of benzene rings is 1. The molecule has 1 fully saturated rings. The van der Waals surface area contributed by atoms with Crippen LogP contribution in [0.4, 0.5) is 5.69 Å². The molecular formula is C13H17ClN2O3. The van der Waals surface area contributed by atoms with E-state index in [0.29, 0.717) is 17.1 Å². The fraction of sp³-hybridized carbons (Fsp3) is 0.538. The van der Waals surface area contributed by atoms with E-state index in [1.165, 1.54) is 6.07 Å². The third-order valence-electron chi connectivity index (χ3n) is 3.56. The summed E-state index contributed by atoms with van der Waals surface area (Å²) in [5.41, 5.74) is 0.497. The maximum atomic E-state index is 11.0. The molecule has 0 radical (unpaired) electrons. The zero-order valence-corrected chi connectivity index (χ0v) is 11.3. The highest BCUT2D eigenvalue weighted by atomic mass is 35.5. The van der Waals surface area contributed by atoms with Gasteiger partial charge in [0.1, 0.15) is 0 Å². The lowest BCUT2D eigenvalue weighted by Gasteiger charge is -2.28. The topological polar surface area (TPSA) is 75.4 Å². The molecule has 0 aromatic heterocycles. The molecule has 0 bridgehead atoms. The van der Waals surface area contributed by atoms with Gasteiger partial charge in [0.2, 0.25) is 0 Å². The van der Waals surface area contributed by atoms with Crippen LogP contribution < -0.4 is 5.32 Å². The Morgan fingerprint density at radius 1 is 1.42 bits per heavy atom. The van der Waals surface area contributed by atoms with Crippen molar-refractivity contribution >= 4 is 17.3 Å². The summed E-state index contributed by atoms with van der Waals surface area (Å²) in [6.45, 7) is 0.303. The van der Waals surface area contributed by atoms with Crippen molar-refractivity contribution in [1.29, 1.82) is 0 Å². The summed E-state index contributed by atoms with van der Waals surface area (Å²) < 4.78 is 0. The van der Waals surface area contributed by atoms with Crippen molar-refractivity contribution in [1.82, 2.24) is 5.32 Å². The summed E-state index contributed by atoms with van der Waals surface area (Å²) in [4.78, 5) is 10.5. The van der Waals surface area contributed by atoms with E-state index in [9.17, 15) is 15.2 Å². The smallest absolute Gasteiger partial charge is 0.275 e. The standard InChI is InChI=1S/C13H17ClN2O3/c14-10-4-3-6-12(16(18)19)9(10)8-15-11-5-1-2-7-13(11)17/h3-4,6,11,13,15,17H,1-2,5,7-8H2. The molecule has 1 aliphatic carbocycles. The maximum Gasteiger partial charge on any atom is 0.275 e. The highest BCUT2D eigenvalue weighted by molar-refractivity contribution is 6.31. The zero-order chi connectivity index (χ0) is 13.8. The van der Waals surface area contributed by atoms with Gasteiger partial charge in [0.15, 0.2) is 0 Å². The van der Waals surface area contributed by atoms with Crippen LogP contribution in [-0.4, -0.2) is 22.2 Å². The van der Waals surface area contributed by atoms with E-state index >= 15 is 0 Å². The second kappa shape index (κ2) is 6.32. The number of nitrogens with one attached hydrogen (secondary N) is 1. The average Bonchev–Trinajstić information content (AvgIpc) is 2.38. The van der Waals surface area contributed by atoms with Gasteiger partial charge in [-0.1, -0.05) is 30.5 Å². The number of hydrogen-bond donors (Lipinski definition) is 2. The number of aliphatic hydroxyl groups excluding tert-OH is 1. The van der Waals surface area contributed by atoms with Crippen molar-refractivity contribution in [3.8, 4) is 0 Å². The van der Waals surface area contributed by atoms with Crippen molar-refractivity contribution < 1.29 is 10.0 Å². The summed E-state index contributed by atoms with van der Waals surface area (Å²) in [6, 6.07) is 4.65. The van der Waals surface area contributed by atoms with Gasteiger partial charge in [0, 0.05) is 18.7 Å². The SMILES string of the molecule is O=[N+]([O-])c1cccc(Cl)c1CNC1CCCCC1O. The zero-order valence-electron chi connectivity index (χ0n) is 10.5. The lowest BCUT2D eigenvalue weighted by atomic mass is 9.92. The third kappa shape index (κ3) is 3.43. The number of nitro benzene ring substituents is 1. The van der Waals surface area contributed by atoms with Crippen LogP contribution in [0.2, 0.25) is 5.02 Å². The Hall–Kier alpha value is -1.17. The molecule has 2 N–H and O–H groups in total. The first-order valence-corrected chi connectivity index (χ1v) is 6.80. The summed E-state index contributed by atoms with van der Waals surface area (Å²) >= 11 is 6.02. The van der Waals surface area contributed by atoms with Crippen LogP contribution in [0.5, 0.6) is 0 Å². The van der Waals surface area contributed by atoms with Gasteiger partial charge in [-0.25, -0.2) is 0 Å². The molecule has 2 atom stereocenters. The summed E-state index contributed by atoms with van der Waals surface area (Å²) in [6.07, 6.45) is 3.39. The van der Waals surface area contributed by atoms with E-state index in [-0.39, 0.29) is 17.8 Å². The predicted molar refractivity (Wildman–Crippen MR) is 73.2 cm³/mol. The summed E-state index contributed by atoms with van der Waals surface area (Å²) in [5.74, 6) is 0. The minimum Gasteiger partial charge on any atom is -0.392 e. The molecule has 1 saturated carbocycles. The van der Waals surface area contributed by atoms with Crippen LogP contribution in [0.3, 0.4) is 0 Å². The number of aliphatic hydroxyl groups is 1. The molecule has 1 aromatic carbocycles. The van der Waals surface area contributed by atoms with Crippen molar-refractivity contribution in [2.24, 2.45) is 0 Å². The Morgan fingerprint density at radius 3 is 2.84 bits per heavy atom. The summed E-state index contributed by atoms with van der Waals surface area (Å²) in [7, 11) is 0. The minimum atomic E-state index is -0.430. The molecule has 0 saturated heterocycles. The van der Waals surface area contributed by atoms with E-state index in [1.807, 2.05) is 0 Å². The van der Waals surface area contributed by atoms with Gasteiger partial charge in [0.05, 0.1) is 21.6 Å². The van der Waals surface area contributed by atoms with Gasteiger partial charge >= 0.3 is 0 Å². The van der Waals surface area contributed by atoms with E-state index in [2.05, 4.69) is 5.32 Å². The Morgan fingerprint density at radius 2 is 2.16 bits per heavy atom. The first kappa shape index (κ1) is 14.2. The molecule has 2 unspecified atom stereocenters. The fourth-order valence-electron chi connectivity index (χ4n) is 2.48. The molecule has 0 amide bonds. The molecule has 0 spiro atoms. The van der Waals surface area contributed by atoms with Gasteiger partial charge in [-0.3, -0.25) is 10.1 Å². The monoisotopic (exact) mass is 284 g/mol.